The van der Waals surface area contributed by atoms with E-state index >= 15 is 0 Å². The van der Waals surface area contributed by atoms with Crippen molar-refractivity contribution in [1.29, 1.82) is 0 Å². The minimum atomic E-state index is -4.66. The SMILES string of the molecule is CCNc1ccc(S(=O)(=O)[O-])cc1C(=O)[O-].[Li+].[Li+]. The maximum Gasteiger partial charge on any atom is 1.00 e. The Morgan fingerprint density at radius 1 is 1.33 bits per heavy atom. The zero-order valence-electron chi connectivity index (χ0n) is 10.4. The van der Waals surface area contributed by atoms with Crippen LogP contribution in [-0.4, -0.2) is 25.5 Å². The van der Waals surface area contributed by atoms with Gasteiger partial charge < -0.3 is 19.8 Å². The first kappa shape index (κ1) is 19.9. The van der Waals surface area contributed by atoms with Crippen molar-refractivity contribution < 1.29 is 60.6 Å². The largest absolute Gasteiger partial charge is 1.00 e. The Bertz CT molecular complexity index is 518. The van der Waals surface area contributed by atoms with E-state index in [9.17, 15) is 22.9 Å². The predicted molar refractivity (Wildman–Crippen MR) is 52.9 cm³/mol. The van der Waals surface area contributed by atoms with Gasteiger partial charge in [0.25, 0.3) is 0 Å². The fourth-order valence-electron chi connectivity index (χ4n) is 1.19. The van der Waals surface area contributed by atoms with Gasteiger partial charge in [-0.05, 0) is 25.1 Å². The topological polar surface area (TPSA) is 109 Å². The summed E-state index contributed by atoms with van der Waals surface area (Å²) in [5.41, 5.74) is -0.131. The third-order valence-electron chi connectivity index (χ3n) is 1.87. The molecule has 1 N–H and O–H groups in total. The van der Waals surface area contributed by atoms with E-state index in [0.29, 0.717) is 6.54 Å². The molecule has 0 atom stereocenters. The number of carbonyl (C=O) groups excluding carboxylic acids is 1. The van der Waals surface area contributed by atoms with Gasteiger partial charge in [0, 0.05) is 17.8 Å². The van der Waals surface area contributed by atoms with Crippen molar-refractivity contribution in [2.75, 3.05) is 11.9 Å². The van der Waals surface area contributed by atoms with Crippen LogP contribution in [0.4, 0.5) is 5.69 Å². The Kier molecular flexibility index (Phi) is 8.75. The van der Waals surface area contributed by atoms with Crippen molar-refractivity contribution in [3.8, 4) is 0 Å². The number of hydrogen-bond acceptors (Lipinski definition) is 6. The van der Waals surface area contributed by atoms with E-state index in [-0.39, 0.29) is 49.0 Å². The smallest absolute Gasteiger partial charge is 0.744 e. The predicted octanol–water partition coefficient (Wildman–Crippen LogP) is -6.61. The van der Waals surface area contributed by atoms with Crippen LogP contribution in [0.2, 0.25) is 0 Å². The summed E-state index contributed by atoms with van der Waals surface area (Å²) in [6.07, 6.45) is 0. The average Bonchev–Trinajstić information content (AvgIpc) is 2.16. The molecule has 0 amide bonds. The second-order valence-corrected chi connectivity index (χ2v) is 4.36. The number of nitrogens with one attached hydrogen (secondary N) is 1. The zero-order valence-corrected chi connectivity index (χ0v) is 11.2. The van der Waals surface area contributed by atoms with Gasteiger partial charge in [0.2, 0.25) is 0 Å². The Morgan fingerprint density at radius 3 is 2.28 bits per heavy atom. The molecule has 0 aliphatic carbocycles. The fourth-order valence-corrected chi connectivity index (χ4v) is 1.69. The van der Waals surface area contributed by atoms with Crippen molar-refractivity contribution in [3.05, 3.63) is 23.8 Å². The summed E-state index contributed by atoms with van der Waals surface area (Å²) in [7, 11) is -4.66. The number of hydrogen-bond donors (Lipinski definition) is 1. The average molecular weight is 257 g/mol. The van der Waals surface area contributed by atoms with Gasteiger partial charge in [0.15, 0.2) is 0 Å². The molecule has 9 heteroatoms. The molecule has 0 fully saturated rings. The van der Waals surface area contributed by atoms with Crippen LogP contribution < -0.4 is 48.1 Å². The molecule has 0 aliphatic rings. The second-order valence-electron chi connectivity index (χ2n) is 2.98. The molecule has 0 saturated carbocycles. The molecule has 6 nitrogen and oxygen atoms in total. The van der Waals surface area contributed by atoms with Crippen LogP contribution >= 0.6 is 0 Å². The van der Waals surface area contributed by atoms with E-state index in [2.05, 4.69) is 5.32 Å². The van der Waals surface area contributed by atoms with Crippen LogP contribution in [0.15, 0.2) is 23.1 Å². The summed E-state index contributed by atoms with van der Waals surface area (Å²) in [6.45, 7) is 2.21. The van der Waals surface area contributed by atoms with Gasteiger partial charge in [-0.1, -0.05) is 0 Å². The molecule has 0 spiro atoms. The van der Waals surface area contributed by atoms with E-state index in [1.54, 1.807) is 6.92 Å². The van der Waals surface area contributed by atoms with Gasteiger partial charge in [0.1, 0.15) is 10.1 Å². The maximum absolute atomic E-state index is 10.7. The number of benzene rings is 1. The number of carbonyl (C=O) groups is 1. The molecular weight excluding hydrogens is 248 g/mol. The summed E-state index contributed by atoms with van der Waals surface area (Å²) < 4.78 is 32.1. The second kappa shape index (κ2) is 7.91. The molecule has 1 rings (SSSR count). The van der Waals surface area contributed by atoms with Crippen molar-refractivity contribution >= 4 is 21.8 Å². The molecule has 0 aromatic heterocycles. The molecule has 0 aliphatic heterocycles. The Hall–Kier alpha value is -0.405. The summed E-state index contributed by atoms with van der Waals surface area (Å²) in [5, 5.41) is 13.4. The molecule has 0 saturated heterocycles. The monoisotopic (exact) mass is 257 g/mol. The summed E-state index contributed by atoms with van der Waals surface area (Å²) in [5.74, 6) is -1.54. The van der Waals surface area contributed by atoms with Crippen LogP contribution in [0.1, 0.15) is 17.3 Å². The Morgan fingerprint density at radius 2 is 1.89 bits per heavy atom. The van der Waals surface area contributed by atoms with Gasteiger partial charge in [-0.25, -0.2) is 8.42 Å². The number of carboxylic acid groups (broad SMARTS) is 1. The third kappa shape index (κ3) is 5.07. The van der Waals surface area contributed by atoms with Crippen molar-refractivity contribution in [1.82, 2.24) is 0 Å². The molecule has 18 heavy (non-hydrogen) atoms. The minimum absolute atomic E-state index is 0. The van der Waals surface area contributed by atoms with Crippen molar-refractivity contribution in [3.63, 3.8) is 0 Å². The summed E-state index contributed by atoms with van der Waals surface area (Å²) in [6, 6.07) is 3.06. The van der Waals surface area contributed by atoms with E-state index < -0.39 is 21.0 Å². The summed E-state index contributed by atoms with van der Waals surface area (Å²) in [4.78, 5) is 10.1. The first-order chi connectivity index (χ1) is 7.36. The van der Waals surface area contributed by atoms with Gasteiger partial charge in [-0.15, -0.1) is 0 Å². The zero-order chi connectivity index (χ0) is 12.3. The van der Waals surface area contributed by atoms with Crippen molar-refractivity contribution in [2.24, 2.45) is 0 Å². The fraction of sp³-hybridized carbons (Fsp3) is 0.222. The normalized spacial score (nSPS) is 9.89. The minimum Gasteiger partial charge on any atom is -0.744 e. The standard InChI is InChI=1S/C9H11NO5S.2Li/c1-2-10-8-4-3-6(16(13,14)15)5-7(8)9(11)12;;/h3-5,10H,2H2,1H3,(H,11,12)(H,13,14,15);;/q;2*+1/p-2. The third-order valence-corrected chi connectivity index (χ3v) is 2.70. The number of aromatic carboxylic acids is 1. The van der Waals surface area contributed by atoms with Crippen LogP contribution in [0, 0.1) is 0 Å². The van der Waals surface area contributed by atoms with Gasteiger partial charge in [-0.3, -0.25) is 0 Å². The maximum atomic E-state index is 10.7. The molecule has 0 radical (unpaired) electrons. The number of anilines is 1. The molecule has 88 valence electrons. The van der Waals surface area contributed by atoms with E-state index in [1.807, 2.05) is 0 Å². The molecule has 1 aromatic rings. The number of rotatable bonds is 4. The van der Waals surface area contributed by atoms with Crippen molar-refractivity contribution in [2.45, 2.75) is 11.8 Å². The Labute approximate surface area is 129 Å². The van der Waals surface area contributed by atoms with E-state index in [1.165, 1.54) is 6.07 Å². The molecule has 1 aromatic carbocycles. The molecule has 0 bridgehead atoms. The molecule has 0 heterocycles. The van der Waals surface area contributed by atoms with E-state index in [0.717, 1.165) is 12.1 Å². The van der Waals surface area contributed by atoms with Gasteiger partial charge in [0.05, 0.1) is 10.9 Å². The van der Waals surface area contributed by atoms with Gasteiger partial charge >= 0.3 is 37.7 Å². The van der Waals surface area contributed by atoms with Crippen LogP contribution in [0.3, 0.4) is 0 Å². The number of carboxylic acids is 1. The van der Waals surface area contributed by atoms with Gasteiger partial charge in [-0.2, -0.15) is 0 Å². The molecular formula is C9H9Li2NO5S. The van der Waals surface area contributed by atoms with Crippen LogP contribution in [0.5, 0.6) is 0 Å². The first-order valence-corrected chi connectivity index (χ1v) is 5.82. The van der Waals surface area contributed by atoms with Crippen LogP contribution in [0.25, 0.3) is 0 Å². The van der Waals surface area contributed by atoms with Crippen LogP contribution in [-0.2, 0) is 10.1 Å². The molecule has 0 unspecified atom stereocenters. The summed E-state index contributed by atoms with van der Waals surface area (Å²) >= 11 is 0. The quantitative estimate of drug-likeness (QED) is 0.424. The van der Waals surface area contributed by atoms with E-state index in [4.69, 9.17) is 0 Å². The Balaban J connectivity index is 0. The first-order valence-electron chi connectivity index (χ1n) is 4.41.